The molecule has 96 valence electrons. The SMILES string of the molecule is CCN(CC)C1=C(C)C(=S=O)C1c1ccccc1. The first-order chi connectivity index (χ1) is 8.74. The lowest BCUT2D eigenvalue weighted by Crippen LogP contribution is -2.39. The van der Waals surface area contributed by atoms with Crippen LogP contribution in [-0.4, -0.2) is 27.1 Å². The van der Waals surface area contributed by atoms with Crippen LogP contribution in [0.2, 0.25) is 0 Å². The second kappa shape index (κ2) is 5.53. The van der Waals surface area contributed by atoms with Crippen molar-refractivity contribution in [3.63, 3.8) is 0 Å². The van der Waals surface area contributed by atoms with Crippen molar-refractivity contribution < 1.29 is 4.21 Å². The molecule has 2 rings (SSSR count). The predicted molar refractivity (Wildman–Crippen MR) is 78.0 cm³/mol. The molecule has 1 unspecified atom stereocenters. The Labute approximate surface area is 112 Å². The van der Waals surface area contributed by atoms with E-state index in [0.717, 1.165) is 18.0 Å². The van der Waals surface area contributed by atoms with E-state index in [4.69, 9.17) is 0 Å². The Morgan fingerprint density at radius 1 is 1.17 bits per heavy atom. The molecule has 0 fully saturated rings. The van der Waals surface area contributed by atoms with Crippen molar-refractivity contribution in [2.75, 3.05) is 13.1 Å². The average Bonchev–Trinajstić information content (AvgIpc) is 2.42. The van der Waals surface area contributed by atoms with Crippen molar-refractivity contribution >= 4 is 16.1 Å². The highest BCUT2D eigenvalue weighted by Gasteiger charge is 2.37. The Balaban J connectivity index is 2.44. The molecule has 2 nitrogen and oxygen atoms in total. The van der Waals surface area contributed by atoms with Gasteiger partial charge in [0.15, 0.2) is 0 Å². The van der Waals surface area contributed by atoms with Crippen molar-refractivity contribution in [2.45, 2.75) is 26.7 Å². The quantitative estimate of drug-likeness (QED) is 0.777. The molecule has 0 spiro atoms. The van der Waals surface area contributed by atoms with Crippen molar-refractivity contribution in [3.8, 4) is 0 Å². The average molecular weight is 261 g/mol. The number of rotatable bonds is 4. The summed E-state index contributed by atoms with van der Waals surface area (Å²) in [6.45, 7) is 8.36. The molecule has 1 aliphatic carbocycles. The summed E-state index contributed by atoms with van der Waals surface area (Å²) in [4.78, 5) is 3.33. The van der Waals surface area contributed by atoms with Crippen LogP contribution in [0, 0.1) is 0 Å². The van der Waals surface area contributed by atoms with Crippen molar-refractivity contribution in [1.82, 2.24) is 4.90 Å². The van der Waals surface area contributed by atoms with E-state index in [1.165, 1.54) is 16.8 Å². The van der Waals surface area contributed by atoms with Crippen LogP contribution in [0.3, 0.4) is 0 Å². The first kappa shape index (κ1) is 13.1. The molecule has 18 heavy (non-hydrogen) atoms. The highest BCUT2D eigenvalue weighted by Crippen LogP contribution is 2.41. The Morgan fingerprint density at radius 2 is 1.78 bits per heavy atom. The maximum absolute atomic E-state index is 11.3. The van der Waals surface area contributed by atoms with Gasteiger partial charge in [-0.2, -0.15) is 0 Å². The van der Waals surface area contributed by atoms with Gasteiger partial charge in [-0.25, -0.2) is 4.21 Å². The first-order valence-corrected chi connectivity index (χ1v) is 7.16. The summed E-state index contributed by atoms with van der Waals surface area (Å²) >= 11 is 0.647. The summed E-state index contributed by atoms with van der Waals surface area (Å²) in [5.74, 6) is 0.189. The summed E-state index contributed by atoms with van der Waals surface area (Å²) in [6, 6.07) is 10.3. The van der Waals surface area contributed by atoms with E-state index in [9.17, 15) is 4.21 Å². The molecule has 0 radical (unpaired) electrons. The van der Waals surface area contributed by atoms with E-state index < -0.39 is 0 Å². The molecule has 0 saturated heterocycles. The molecule has 0 N–H and O–H groups in total. The molecule has 0 aliphatic heterocycles. The van der Waals surface area contributed by atoms with Gasteiger partial charge in [-0.3, -0.25) is 0 Å². The van der Waals surface area contributed by atoms with Gasteiger partial charge < -0.3 is 4.90 Å². The van der Waals surface area contributed by atoms with Crippen LogP contribution in [-0.2, 0) is 11.3 Å². The molecular weight excluding hydrogens is 242 g/mol. The van der Waals surface area contributed by atoms with E-state index in [0.29, 0.717) is 11.3 Å². The van der Waals surface area contributed by atoms with Crippen LogP contribution in [0.15, 0.2) is 41.6 Å². The van der Waals surface area contributed by atoms with Gasteiger partial charge in [-0.05, 0) is 31.9 Å². The van der Waals surface area contributed by atoms with Crippen molar-refractivity contribution in [3.05, 3.63) is 47.2 Å². The van der Waals surface area contributed by atoms with Crippen LogP contribution in [0.25, 0.3) is 0 Å². The van der Waals surface area contributed by atoms with Gasteiger partial charge >= 0.3 is 0 Å². The van der Waals surface area contributed by atoms with Crippen LogP contribution in [0.1, 0.15) is 32.3 Å². The lowest BCUT2D eigenvalue weighted by atomic mass is 9.77. The maximum Gasteiger partial charge on any atom is 0.0934 e. The van der Waals surface area contributed by atoms with E-state index in [2.05, 4.69) is 37.8 Å². The number of hydrogen-bond acceptors (Lipinski definition) is 2. The van der Waals surface area contributed by atoms with Gasteiger partial charge in [0, 0.05) is 18.8 Å². The summed E-state index contributed by atoms with van der Waals surface area (Å²) in [5.41, 5.74) is 3.72. The second-order valence-electron chi connectivity index (χ2n) is 4.47. The minimum Gasteiger partial charge on any atom is -0.374 e. The van der Waals surface area contributed by atoms with E-state index in [1.54, 1.807) is 0 Å². The molecular formula is C15H19NOS. The van der Waals surface area contributed by atoms with Crippen LogP contribution < -0.4 is 0 Å². The van der Waals surface area contributed by atoms with Gasteiger partial charge in [0.25, 0.3) is 0 Å². The molecule has 1 atom stereocenters. The van der Waals surface area contributed by atoms with E-state index >= 15 is 0 Å². The zero-order chi connectivity index (χ0) is 13.1. The molecule has 0 saturated carbocycles. The van der Waals surface area contributed by atoms with Crippen molar-refractivity contribution in [1.29, 1.82) is 0 Å². The minimum atomic E-state index is 0.189. The topological polar surface area (TPSA) is 20.3 Å². The third kappa shape index (κ3) is 2.03. The molecule has 0 aromatic heterocycles. The summed E-state index contributed by atoms with van der Waals surface area (Å²) < 4.78 is 11.3. The Kier molecular flexibility index (Phi) is 4.02. The second-order valence-corrected chi connectivity index (χ2v) is 5.08. The summed E-state index contributed by atoms with van der Waals surface area (Å²) in [5, 5.41) is 0. The fourth-order valence-corrected chi connectivity index (χ4v) is 3.23. The van der Waals surface area contributed by atoms with Crippen LogP contribution in [0.4, 0.5) is 0 Å². The highest BCUT2D eigenvalue weighted by molar-refractivity contribution is 7.67. The van der Waals surface area contributed by atoms with Crippen LogP contribution in [0.5, 0.6) is 0 Å². The number of hydrogen-bond donors (Lipinski definition) is 0. The summed E-state index contributed by atoms with van der Waals surface area (Å²) in [6.07, 6.45) is 0. The molecule has 1 aromatic carbocycles. The van der Waals surface area contributed by atoms with Gasteiger partial charge in [0.2, 0.25) is 0 Å². The molecule has 0 bridgehead atoms. The third-order valence-electron chi connectivity index (χ3n) is 3.62. The van der Waals surface area contributed by atoms with Gasteiger partial charge in [0.1, 0.15) is 0 Å². The van der Waals surface area contributed by atoms with Crippen molar-refractivity contribution in [2.24, 2.45) is 0 Å². The van der Waals surface area contributed by atoms with E-state index in [1.807, 2.05) is 18.2 Å². The lowest BCUT2D eigenvalue weighted by Gasteiger charge is -2.40. The Bertz CT molecular complexity index is 511. The smallest absolute Gasteiger partial charge is 0.0934 e. The van der Waals surface area contributed by atoms with Crippen LogP contribution >= 0.6 is 0 Å². The molecule has 0 amide bonds. The van der Waals surface area contributed by atoms with E-state index in [-0.39, 0.29) is 5.92 Å². The number of nitrogens with zero attached hydrogens (tertiary/aromatic N) is 1. The molecule has 0 heterocycles. The number of allylic oxidation sites excluding steroid dienone is 2. The van der Waals surface area contributed by atoms with Gasteiger partial charge in [0.05, 0.1) is 22.0 Å². The fourth-order valence-electron chi connectivity index (χ4n) is 2.66. The summed E-state index contributed by atoms with van der Waals surface area (Å²) in [7, 11) is 0. The zero-order valence-electron chi connectivity index (χ0n) is 11.1. The third-order valence-corrected chi connectivity index (χ3v) is 4.34. The largest absolute Gasteiger partial charge is 0.374 e. The molecule has 1 aliphatic rings. The fraction of sp³-hybridized carbons (Fsp3) is 0.400. The normalized spacial score (nSPS) is 18.6. The first-order valence-electron chi connectivity index (χ1n) is 6.42. The van der Waals surface area contributed by atoms with Gasteiger partial charge in [-0.15, -0.1) is 0 Å². The lowest BCUT2D eigenvalue weighted by molar-refractivity contribution is 0.359. The molecule has 3 heteroatoms. The zero-order valence-corrected chi connectivity index (χ0v) is 12.0. The molecule has 1 aromatic rings. The number of benzene rings is 1. The number of likely N-dealkylation sites (N-methyl/N-ethyl adjacent to an activating group) is 1. The monoisotopic (exact) mass is 261 g/mol. The van der Waals surface area contributed by atoms with Gasteiger partial charge in [-0.1, -0.05) is 30.3 Å². The highest BCUT2D eigenvalue weighted by atomic mass is 32.1. The maximum atomic E-state index is 11.3. The Hall–Kier alpha value is -1.35. The Morgan fingerprint density at radius 3 is 2.28 bits per heavy atom. The predicted octanol–water partition coefficient (Wildman–Crippen LogP) is 2.79. The minimum absolute atomic E-state index is 0.189. The standard InChI is InChI=1S/C15H19NOS/c1-4-16(5-2)14-11(3)15(18-17)13(14)12-9-7-6-8-10-12/h6-10,13H,4-5H2,1-3H3.